The van der Waals surface area contributed by atoms with Gasteiger partial charge in [0.1, 0.15) is 5.75 Å². The summed E-state index contributed by atoms with van der Waals surface area (Å²) in [6.45, 7) is 12.3. The van der Waals surface area contributed by atoms with Gasteiger partial charge in [0.15, 0.2) is 0 Å². The Morgan fingerprint density at radius 2 is 1.55 bits per heavy atom. The van der Waals surface area contributed by atoms with Crippen LogP contribution in [0, 0.1) is 17.8 Å². The van der Waals surface area contributed by atoms with Crippen LogP contribution in [0.4, 0.5) is 0 Å². The number of rotatable bonds is 9. The van der Waals surface area contributed by atoms with E-state index in [9.17, 15) is 0 Å². The van der Waals surface area contributed by atoms with Gasteiger partial charge in [0.25, 0.3) is 0 Å². The molecule has 0 spiro atoms. The van der Waals surface area contributed by atoms with Crippen molar-refractivity contribution in [2.24, 2.45) is 17.8 Å². The standard InChI is InChI=1S/C19H32O/c1-15(2)7-6-12-20-19-10-8-18(9-11-19)14-17(5)13-16(3)4/h8-11,15-17H,6-7,12-14H2,1-5H3/t17-/m0/s1. The summed E-state index contributed by atoms with van der Waals surface area (Å²) in [6.07, 6.45) is 4.86. The third kappa shape index (κ3) is 7.57. The van der Waals surface area contributed by atoms with Crippen molar-refractivity contribution in [3.8, 4) is 5.75 Å². The normalized spacial score (nSPS) is 12.9. The maximum atomic E-state index is 5.78. The van der Waals surface area contributed by atoms with Crippen LogP contribution in [0.1, 0.15) is 59.4 Å². The maximum Gasteiger partial charge on any atom is 0.119 e. The average molecular weight is 276 g/mol. The van der Waals surface area contributed by atoms with E-state index < -0.39 is 0 Å². The first-order chi connectivity index (χ1) is 9.47. The van der Waals surface area contributed by atoms with Gasteiger partial charge in [-0.15, -0.1) is 0 Å². The van der Waals surface area contributed by atoms with Gasteiger partial charge >= 0.3 is 0 Å². The number of hydrogen-bond acceptors (Lipinski definition) is 1. The van der Waals surface area contributed by atoms with Gasteiger partial charge in [0.2, 0.25) is 0 Å². The second kappa shape index (κ2) is 9.05. The highest BCUT2D eigenvalue weighted by molar-refractivity contribution is 5.27. The van der Waals surface area contributed by atoms with Crippen LogP contribution in [0.5, 0.6) is 5.75 Å². The van der Waals surface area contributed by atoms with Crippen LogP contribution < -0.4 is 4.74 Å². The maximum absolute atomic E-state index is 5.78. The van der Waals surface area contributed by atoms with E-state index in [0.29, 0.717) is 0 Å². The van der Waals surface area contributed by atoms with Crippen LogP contribution in [-0.4, -0.2) is 6.61 Å². The first kappa shape index (κ1) is 17.1. The number of benzene rings is 1. The van der Waals surface area contributed by atoms with Crippen molar-refractivity contribution in [2.45, 2.75) is 60.3 Å². The number of ether oxygens (including phenoxy) is 1. The number of hydrogen-bond donors (Lipinski definition) is 0. The van der Waals surface area contributed by atoms with Gasteiger partial charge in [-0.3, -0.25) is 0 Å². The molecule has 1 nitrogen and oxygen atoms in total. The van der Waals surface area contributed by atoms with Crippen molar-refractivity contribution < 1.29 is 4.74 Å². The lowest BCUT2D eigenvalue weighted by Crippen LogP contribution is -2.04. The van der Waals surface area contributed by atoms with Gasteiger partial charge in [-0.05, 0) is 61.1 Å². The lowest BCUT2D eigenvalue weighted by atomic mass is 9.93. The molecule has 1 heteroatoms. The minimum Gasteiger partial charge on any atom is -0.494 e. The minimum absolute atomic E-state index is 0.757. The van der Waals surface area contributed by atoms with E-state index in [1.54, 1.807) is 0 Å². The lowest BCUT2D eigenvalue weighted by Gasteiger charge is -2.14. The molecule has 0 fully saturated rings. The monoisotopic (exact) mass is 276 g/mol. The van der Waals surface area contributed by atoms with Crippen molar-refractivity contribution in [3.05, 3.63) is 29.8 Å². The van der Waals surface area contributed by atoms with Crippen molar-refractivity contribution in [3.63, 3.8) is 0 Å². The Hall–Kier alpha value is -0.980. The molecule has 0 aliphatic heterocycles. The molecule has 1 aromatic rings. The fraction of sp³-hybridized carbons (Fsp3) is 0.684. The van der Waals surface area contributed by atoms with Crippen LogP contribution in [0.2, 0.25) is 0 Å². The molecule has 0 aromatic heterocycles. The molecule has 0 unspecified atom stereocenters. The molecule has 0 aliphatic rings. The molecule has 20 heavy (non-hydrogen) atoms. The zero-order valence-corrected chi connectivity index (χ0v) is 14.0. The predicted molar refractivity (Wildman–Crippen MR) is 88.3 cm³/mol. The smallest absolute Gasteiger partial charge is 0.119 e. The van der Waals surface area contributed by atoms with E-state index in [-0.39, 0.29) is 0 Å². The third-order valence-electron chi connectivity index (χ3n) is 3.58. The first-order valence-electron chi connectivity index (χ1n) is 8.19. The molecule has 0 saturated heterocycles. The second-order valence-electron chi connectivity index (χ2n) is 6.97. The van der Waals surface area contributed by atoms with E-state index in [0.717, 1.165) is 36.5 Å². The van der Waals surface area contributed by atoms with Crippen LogP contribution in [0.25, 0.3) is 0 Å². The molecule has 0 radical (unpaired) electrons. The molecule has 0 bridgehead atoms. The van der Waals surface area contributed by atoms with Crippen molar-refractivity contribution >= 4 is 0 Å². The molecular weight excluding hydrogens is 244 g/mol. The minimum atomic E-state index is 0.757. The highest BCUT2D eigenvalue weighted by atomic mass is 16.5. The predicted octanol–water partition coefficient (Wildman–Crippen LogP) is 5.73. The highest BCUT2D eigenvalue weighted by Crippen LogP contribution is 2.19. The Balaban J connectivity index is 2.32. The van der Waals surface area contributed by atoms with E-state index in [1.807, 2.05) is 0 Å². The summed E-state index contributed by atoms with van der Waals surface area (Å²) in [5.74, 6) is 3.32. The molecule has 0 heterocycles. The van der Waals surface area contributed by atoms with Crippen molar-refractivity contribution in [2.75, 3.05) is 6.61 Å². The summed E-state index contributed by atoms with van der Waals surface area (Å²) in [7, 11) is 0. The summed E-state index contributed by atoms with van der Waals surface area (Å²) in [5.41, 5.74) is 1.42. The lowest BCUT2D eigenvalue weighted by molar-refractivity contribution is 0.297. The molecule has 1 rings (SSSR count). The molecule has 1 aromatic carbocycles. The average Bonchev–Trinajstić information content (AvgIpc) is 2.35. The van der Waals surface area contributed by atoms with Gasteiger partial charge in [0, 0.05) is 0 Å². The summed E-state index contributed by atoms with van der Waals surface area (Å²) in [6, 6.07) is 8.67. The van der Waals surface area contributed by atoms with Crippen LogP contribution in [0.3, 0.4) is 0 Å². The van der Waals surface area contributed by atoms with Gasteiger partial charge < -0.3 is 4.74 Å². The summed E-state index contributed by atoms with van der Waals surface area (Å²) in [4.78, 5) is 0. The second-order valence-corrected chi connectivity index (χ2v) is 6.97. The highest BCUT2D eigenvalue weighted by Gasteiger charge is 2.06. The summed E-state index contributed by atoms with van der Waals surface area (Å²) >= 11 is 0. The Bertz CT molecular complexity index is 351. The van der Waals surface area contributed by atoms with Crippen LogP contribution in [-0.2, 0) is 6.42 Å². The SMILES string of the molecule is CC(C)CCCOc1ccc(C[C@@H](C)CC(C)C)cc1. The Kier molecular flexibility index (Phi) is 7.72. The van der Waals surface area contributed by atoms with E-state index >= 15 is 0 Å². The Morgan fingerprint density at radius 3 is 2.10 bits per heavy atom. The zero-order chi connectivity index (χ0) is 15.0. The summed E-state index contributed by atoms with van der Waals surface area (Å²) < 4.78 is 5.78. The molecule has 0 saturated carbocycles. The van der Waals surface area contributed by atoms with E-state index in [1.165, 1.54) is 24.8 Å². The summed E-state index contributed by atoms with van der Waals surface area (Å²) in [5, 5.41) is 0. The van der Waals surface area contributed by atoms with Gasteiger partial charge in [-0.2, -0.15) is 0 Å². The third-order valence-corrected chi connectivity index (χ3v) is 3.58. The molecule has 1 atom stereocenters. The largest absolute Gasteiger partial charge is 0.494 e. The fourth-order valence-electron chi connectivity index (χ4n) is 2.69. The van der Waals surface area contributed by atoms with Crippen LogP contribution in [0.15, 0.2) is 24.3 Å². The molecular formula is C19H32O. The van der Waals surface area contributed by atoms with E-state index in [4.69, 9.17) is 4.74 Å². The van der Waals surface area contributed by atoms with Gasteiger partial charge in [0.05, 0.1) is 6.61 Å². The quantitative estimate of drug-likeness (QED) is 0.524. The van der Waals surface area contributed by atoms with Crippen molar-refractivity contribution in [1.82, 2.24) is 0 Å². The molecule has 0 N–H and O–H groups in total. The first-order valence-corrected chi connectivity index (χ1v) is 8.19. The van der Waals surface area contributed by atoms with Crippen molar-refractivity contribution in [1.29, 1.82) is 0 Å². The van der Waals surface area contributed by atoms with Crippen LogP contribution >= 0.6 is 0 Å². The topological polar surface area (TPSA) is 9.23 Å². The Labute approximate surface area is 125 Å². The van der Waals surface area contributed by atoms with E-state index in [2.05, 4.69) is 58.9 Å². The van der Waals surface area contributed by atoms with Gasteiger partial charge in [-0.1, -0.05) is 46.8 Å². The molecule has 0 amide bonds. The fourth-order valence-corrected chi connectivity index (χ4v) is 2.69. The Morgan fingerprint density at radius 1 is 0.900 bits per heavy atom. The molecule has 0 aliphatic carbocycles. The molecule has 114 valence electrons. The van der Waals surface area contributed by atoms with Gasteiger partial charge in [-0.25, -0.2) is 0 Å². The zero-order valence-electron chi connectivity index (χ0n) is 14.0.